The van der Waals surface area contributed by atoms with Crippen LogP contribution in [0.25, 0.3) is 11.4 Å². The highest BCUT2D eigenvalue weighted by Gasteiger charge is 2.48. The molecule has 0 spiro atoms. The molecule has 3 aromatic carbocycles. The van der Waals surface area contributed by atoms with Gasteiger partial charge in [-0.3, -0.25) is 0 Å². The molecule has 2 heteroatoms. The van der Waals surface area contributed by atoms with Crippen LogP contribution in [0.5, 0.6) is 0 Å². The zero-order chi connectivity index (χ0) is 19.5. The van der Waals surface area contributed by atoms with Crippen molar-refractivity contribution < 1.29 is 5.94 Å². The molecule has 4 aromatic rings. The molecule has 0 N–H and O–H groups in total. The number of hydrogen-bond acceptors (Lipinski definition) is 0. The van der Waals surface area contributed by atoms with Gasteiger partial charge in [-0.05, 0) is 37.1 Å². The molecule has 2 heterocycles. The Kier molecular flexibility index (Phi) is 3.15. The van der Waals surface area contributed by atoms with E-state index in [1.807, 2.05) is 12.1 Å². The number of para-hydroxylation sites is 2. The molecule has 0 amide bonds. The Morgan fingerprint density at radius 1 is 0.852 bits per heavy atom. The molecule has 2 nitrogen and oxygen atoms in total. The third kappa shape index (κ3) is 2.10. The van der Waals surface area contributed by atoms with E-state index in [-0.39, 0.29) is 5.41 Å². The van der Waals surface area contributed by atoms with Gasteiger partial charge in [-0.2, -0.15) is 9.13 Å². The number of imidazole rings is 1. The van der Waals surface area contributed by atoms with Gasteiger partial charge in [0.2, 0.25) is 0 Å². The number of aromatic nitrogens is 2. The molecular weight excluding hydrogens is 328 g/mol. The minimum absolute atomic E-state index is 0.300. The van der Waals surface area contributed by atoms with Crippen LogP contribution in [0, 0.1) is 13.8 Å². The van der Waals surface area contributed by atoms with Crippen LogP contribution in [0.15, 0.2) is 85.2 Å². The standard InChI is InChI=1S/C25H23N2/c1-18-11-7-9-15-22(18)26-17-27-23-16-10-8-14-21(23)25(3,24(27)19(26)2)20-12-5-4-6-13-20/h4-17H,1-3H3/q+1/i17D. The molecule has 0 radical (unpaired) electrons. The van der Waals surface area contributed by atoms with Crippen LogP contribution < -0.4 is 4.57 Å². The van der Waals surface area contributed by atoms with Crippen molar-refractivity contribution in [1.82, 2.24) is 4.57 Å². The molecule has 132 valence electrons. The molecular formula is C25H23N2+. The minimum atomic E-state index is -0.300. The lowest BCUT2D eigenvalue weighted by molar-refractivity contribution is -0.602. The fraction of sp³-hybridized carbons (Fsp3) is 0.160. The van der Waals surface area contributed by atoms with Gasteiger partial charge in [0.1, 0.15) is 17.1 Å². The maximum absolute atomic E-state index is 9.08. The maximum Gasteiger partial charge on any atom is 0.254 e. The minimum Gasteiger partial charge on any atom is -0.199 e. The lowest BCUT2D eigenvalue weighted by Gasteiger charge is -2.24. The predicted octanol–water partition coefficient (Wildman–Crippen LogP) is 5.04. The van der Waals surface area contributed by atoms with E-state index in [4.69, 9.17) is 1.37 Å². The quantitative estimate of drug-likeness (QED) is 0.447. The number of hydrogen-bond donors (Lipinski definition) is 0. The number of rotatable bonds is 2. The van der Waals surface area contributed by atoms with Gasteiger partial charge in [-0.1, -0.05) is 66.7 Å². The summed E-state index contributed by atoms with van der Waals surface area (Å²) in [4.78, 5) is 0. The van der Waals surface area contributed by atoms with Gasteiger partial charge < -0.3 is 0 Å². The number of benzene rings is 3. The number of aryl methyl sites for hydroxylation is 1. The SMILES string of the molecule is [2H]c1n2c(c(C)[n+]1-c1ccccc1C)C(C)(c1ccccc1)c1ccccc1-2. The highest BCUT2D eigenvalue weighted by molar-refractivity contribution is 5.63. The second-order valence-corrected chi connectivity index (χ2v) is 7.50. The van der Waals surface area contributed by atoms with Crippen LogP contribution in [0.1, 0.15) is 36.4 Å². The average Bonchev–Trinajstić information content (AvgIpc) is 3.15. The summed E-state index contributed by atoms with van der Waals surface area (Å²) in [6, 6.07) is 27.4. The molecule has 27 heavy (non-hydrogen) atoms. The van der Waals surface area contributed by atoms with E-state index in [0.29, 0.717) is 6.30 Å². The van der Waals surface area contributed by atoms with Gasteiger partial charge >= 0.3 is 0 Å². The summed E-state index contributed by atoms with van der Waals surface area (Å²) in [6.45, 7) is 6.53. The van der Waals surface area contributed by atoms with Crippen LogP contribution in [-0.2, 0) is 5.41 Å². The summed E-state index contributed by atoms with van der Waals surface area (Å²) in [5, 5.41) is 0. The van der Waals surface area contributed by atoms with Gasteiger partial charge in [0.25, 0.3) is 6.30 Å². The third-order valence-electron chi connectivity index (χ3n) is 5.97. The van der Waals surface area contributed by atoms with Crippen molar-refractivity contribution in [1.29, 1.82) is 0 Å². The zero-order valence-corrected chi connectivity index (χ0v) is 15.9. The molecule has 0 fully saturated rings. The largest absolute Gasteiger partial charge is 0.254 e. The summed E-state index contributed by atoms with van der Waals surface area (Å²) in [6.07, 6.45) is 0.494. The second-order valence-electron chi connectivity index (χ2n) is 7.50. The molecule has 0 saturated heterocycles. The number of nitrogens with zero attached hydrogens (tertiary/aromatic N) is 2. The maximum atomic E-state index is 9.08. The van der Waals surface area contributed by atoms with E-state index in [9.17, 15) is 0 Å². The van der Waals surface area contributed by atoms with E-state index in [1.54, 1.807) is 0 Å². The summed E-state index contributed by atoms with van der Waals surface area (Å²) in [7, 11) is 0. The summed E-state index contributed by atoms with van der Waals surface area (Å²) < 4.78 is 13.3. The smallest absolute Gasteiger partial charge is 0.199 e. The molecule has 1 aliphatic heterocycles. The predicted molar refractivity (Wildman–Crippen MR) is 109 cm³/mol. The Bertz CT molecular complexity index is 1210. The third-order valence-corrected chi connectivity index (χ3v) is 5.97. The number of fused-ring (bicyclic) bond motifs is 3. The Morgan fingerprint density at radius 2 is 1.52 bits per heavy atom. The van der Waals surface area contributed by atoms with E-state index in [2.05, 4.69) is 96.6 Å². The van der Waals surface area contributed by atoms with Crippen LogP contribution >= 0.6 is 0 Å². The molecule has 0 aliphatic carbocycles. The van der Waals surface area contributed by atoms with Gasteiger partial charge in [-0.15, -0.1) is 0 Å². The summed E-state index contributed by atoms with van der Waals surface area (Å²) >= 11 is 0. The summed E-state index contributed by atoms with van der Waals surface area (Å²) in [5.41, 5.74) is 7.83. The highest BCUT2D eigenvalue weighted by atomic mass is 15.2. The topological polar surface area (TPSA) is 8.81 Å². The van der Waals surface area contributed by atoms with Gasteiger partial charge in [-0.25, -0.2) is 0 Å². The van der Waals surface area contributed by atoms with Crippen molar-refractivity contribution in [2.45, 2.75) is 26.2 Å². The fourth-order valence-corrected chi connectivity index (χ4v) is 4.58. The van der Waals surface area contributed by atoms with Crippen molar-refractivity contribution >= 4 is 0 Å². The molecule has 1 atom stereocenters. The Morgan fingerprint density at radius 3 is 2.30 bits per heavy atom. The molecule has 1 aromatic heterocycles. The Balaban J connectivity index is 1.90. The van der Waals surface area contributed by atoms with Gasteiger partial charge in [0.05, 0.1) is 5.41 Å². The molecule has 0 bridgehead atoms. The lowest BCUT2D eigenvalue weighted by atomic mass is 9.74. The lowest BCUT2D eigenvalue weighted by Crippen LogP contribution is -2.35. The van der Waals surface area contributed by atoms with Crippen molar-refractivity contribution in [3.05, 3.63) is 113 Å². The van der Waals surface area contributed by atoms with Crippen molar-refractivity contribution in [3.63, 3.8) is 0 Å². The van der Waals surface area contributed by atoms with Crippen molar-refractivity contribution in [2.24, 2.45) is 0 Å². The first-order valence-electron chi connectivity index (χ1n) is 9.91. The molecule has 0 saturated carbocycles. The first-order valence-corrected chi connectivity index (χ1v) is 9.41. The zero-order valence-electron chi connectivity index (χ0n) is 16.9. The van der Waals surface area contributed by atoms with Crippen LogP contribution in [0.4, 0.5) is 0 Å². The molecule has 1 unspecified atom stereocenters. The van der Waals surface area contributed by atoms with Crippen molar-refractivity contribution in [2.75, 3.05) is 0 Å². The van der Waals surface area contributed by atoms with Crippen LogP contribution in [0.3, 0.4) is 0 Å². The monoisotopic (exact) mass is 352 g/mol. The first-order chi connectivity index (χ1) is 13.5. The van der Waals surface area contributed by atoms with Crippen LogP contribution in [-0.4, -0.2) is 4.57 Å². The normalized spacial score (nSPS) is 18.1. The second kappa shape index (κ2) is 5.68. The van der Waals surface area contributed by atoms with E-state index < -0.39 is 0 Å². The first kappa shape index (κ1) is 15.0. The van der Waals surface area contributed by atoms with E-state index in [1.165, 1.54) is 22.4 Å². The Labute approximate surface area is 161 Å². The average molecular weight is 352 g/mol. The van der Waals surface area contributed by atoms with E-state index in [0.717, 1.165) is 17.1 Å². The van der Waals surface area contributed by atoms with Crippen LogP contribution in [0.2, 0.25) is 0 Å². The van der Waals surface area contributed by atoms with E-state index >= 15 is 0 Å². The molecule has 1 aliphatic rings. The highest BCUT2D eigenvalue weighted by Crippen LogP contribution is 2.48. The van der Waals surface area contributed by atoms with Gasteiger partial charge in [0, 0.05) is 12.5 Å². The Hall–Kier alpha value is -3.13. The summed E-state index contributed by atoms with van der Waals surface area (Å²) in [5.74, 6) is 0. The fourth-order valence-electron chi connectivity index (χ4n) is 4.58. The van der Waals surface area contributed by atoms with Crippen molar-refractivity contribution in [3.8, 4) is 11.4 Å². The van der Waals surface area contributed by atoms with Gasteiger partial charge in [0.15, 0.2) is 7.06 Å². The molecule has 5 rings (SSSR count).